The van der Waals surface area contributed by atoms with Gasteiger partial charge in [0.1, 0.15) is 0 Å². The van der Waals surface area contributed by atoms with Crippen LogP contribution in [0.25, 0.3) is 0 Å². The van der Waals surface area contributed by atoms with Gasteiger partial charge in [0.25, 0.3) is 5.91 Å². The first-order valence-corrected chi connectivity index (χ1v) is 9.48. The minimum absolute atomic E-state index is 0.117. The standard InChI is InChI=1S/C20H23Cl2N3O2/c1-3-25(18-7-5-4-6-14(18)2)11-10-23-19(26)13-24-20(27)16-9-8-15(21)12-17(16)22/h4-9,12H,3,10-11,13H2,1-2H3,(H,23,26)(H,24,27). The van der Waals surface area contributed by atoms with Gasteiger partial charge in [-0.2, -0.15) is 0 Å². The molecule has 2 aromatic rings. The highest BCUT2D eigenvalue weighted by Crippen LogP contribution is 2.21. The monoisotopic (exact) mass is 407 g/mol. The first kappa shape index (κ1) is 21.1. The molecule has 0 aliphatic heterocycles. The van der Waals surface area contributed by atoms with Crippen molar-refractivity contribution in [3.8, 4) is 0 Å². The van der Waals surface area contributed by atoms with Crippen LogP contribution in [0.3, 0.4) is 0 Å². The molecule has 2 rings (SSSR count). The third kappa shape index (κ3) is 6.15. The highest BCUT2D eigenvalue weighted by atomic mass is 35.5. The van der Waals surface area contributed by atoms with E-state index in [1.54, 1.807) is 6.07 Å². The van der Waals surface area contributed by atoms with E-state index in [-0.39, 0.29) is 23.0 Å². The number of carbonyl (C=O) groups is 2. The molecule has 0 atom stereocenters. The fraction of sp³-hybridized carbons (Fsp3) is 0.300. The maximum atomic E-state index is 12.1. The number of nitrogens with zero attached hydrogens (tertiary/aromatic N) is 1. The number of halogens is 2. The lowest BCUT2D eigenvalue weighted by atomic mass is 10.2. The van der Waals surface area contributed by atoms with E-state index in [2.05, 4.69) is 41.5 Å². The third-order valence-corrected chi connectivity index (χ3v) is 4.67. The van der Waals surface area contributed by atoms with Crippen LogP contribution in [-0.2, 0) is 4.79 Å². The predicted molar refractivity (Wildman–Crippen MR) is 111 cm³/mol. The lowest BCUT2D eigenvalue weighted by molar-refractivity contribution is -0.120. The van der Waals surface area contributed by atoms with Crippen molar-refractivity contribution in [3.05, 3.63) is 63.6 Å². The van der Waals surface area contributed by atoms with Gasteiger partial charge in [0.2, 0.25) is 5.91 Å². The number of likely N-dealkylation sites (N-methyl/N-ethyl adjacent to an activating group) is 1. The van der Waals surface area contributed by atoms with Gasteiger partial charge < -0.3 is 15.5 Å². The second kappa shape index (κ2) is 10.2. The SMILES string of the molecule is CCN(CCNC(=O)CNC(=O)c1ccc(Cl)cc1Cl)c1ccccc1C. The molecule has 2 amide bonds. The average Bonchev–Trinajstić information content (AvgIpc) is 2.64. The maximum absolute atomic E-state index is 12.1. The van der Waals surface area contributed by atoms with E-state index in [4.69, 9.17) is 23.2 Å². The lowest BCUT2D eigenvalue weighted by Gasteiger charge is -2.25. The highest BCUT2D eigenvalue weighted by Gasteiger charge is 2.12. The number of hydrogen-bond donors (Lipinski definition) is 2. The third-order valence-electron chi connectivity index (χ3n) is 4.13. The van der Waals surface area contributed by atoms with Gasteiger partial charge in [0, 0.05) is 30.3 Å². The Morgan fingerprint density at radius 3 is 2.48 bits per heavy atom. The van der Waals surface area contributed by atoms with Gasteiger partial charge in [-0.05, 0) is 43.7 Å². The second-order valence-corrected chi connectivity index (χ2v) is 6.87. The Morgan fingerprint density at radius 1 is 1.07 bits per heavy atom. The number of rotatable bonds is 8. The van der Waals surface area contributed by atoms with Crippen molar-refractivity contribution in [1.29, 1.82) is 0 Å². The van der Waals surface area contributed by atoms with Crippen LogP contribution in [0, 0.1) is 6.92 Å². The summed E-state index contributed by atoms with van der Waals surface area (Å²) < 4.78 is 0. The molecule has 144 valence electrons. The van der Waals surface area contributed by atoms with E-state index in [1.807, 2.05) is 12.1 Å². The first-order chi connectivity index (χ1) is 12.9. The fourth-order valence-corrected chi connectivity index (χ4v) is 3.18. The minimum atomic E-state index is -0.415. The Bertz CT molecular complexity index is 812. The van der Waals surface area contributed by atoms with Gasteiger partial charge in [-0.15, -0.1) is 0 Å². The predicted octanol–water partition coefficient (Wildman–Crippen LogP) is 3.67. The van der Waals surface area contributed by atoms with Crippen LogP contribution in [-0.4, -0.2) is 38.0 Å². The molecular formula is C20H23Cl2N3O2. The largest absolute Gasteiger partial charge is 0.370 e. The number of para-hydroxylation sites is 1. The zero-order valence-electron chi connectivity index (χ0n) is 15.4. The average molecular weight is 408 g/mol. The van der Waals surface area contributed by atoms with E-state index in [0.717, 1.165) is 12.2 Å². The van der Waals surface area contributed by atoms with E-state index < -0.39 is 5.91 Å². The molecule has 7 heteroatoms. The molecule has 0 bridgehead atoms. The Morgan fingerprint density at radius 2 is 1.81 bits per heavy atom. The molecule has 27 heavy (non-hydrogen) atoms. The van der Waals surface area contributed by atoms with Crippen LogP contribution >= 0.6 is 23.2 Å². The van der Waals surface area contributed by atoms with Crippen LogP contribution in [0.5, 0.6) is 0 Å². The summed E-state index contributed by atoms with van der Waals surface area (Å²) >= 11 is 11.8. The number of anilines is 1. The molecule has 0 radical (unpaired) electrons. The van der Waals surface area contributed by atoms with Crippen molar-refractivity contribution >= 4 is 40.7 Å². The molecule has 0 heterocycles. The van der Waals surface area contributed by atoms with E-state index in [0.29, 0.717) is 18.1 Å². The van der Waals surface area contributed by atoms with Gasteiger partial charge in [-0.1, -0.05) is 41.4 Å². The number of amides is 2. The molecule has 0 spiro atoms. The molecule has 0 saturated carbocycles. The molecule has 0 aliphatic carbocycles. The number of benzene rings is 2. The molecule has 2 aromatic carbocycles. The van der Waals surface area contributed by atoms with Gasteiger partial charge in [-0.25, -0.2) is 0 Å². The summed E-state index contributed by atoms with van der Waals surface area (Å²) in [6, 6.07) is 12.7. The molecule has 2 N–H and O–H groups in total. The van der Waals surface area contributed by atoms with Crippen molar-refractivity contribution in [1.82, 2.24) is 10.6 Å². The number of aryl methyl sites for hydroxylation is 1. The van der Waals surface area contributed by atoms with Crippen molar-refractivity contribution < 1.29 is 9.59 Å². The Hall–Kier alpha value is -2.24. The van der Waals surface area contributed by atoms with E-state index in [1.165, 1.54) is 17.7 Å². The van der Waals surface area contributed by atoms with Crippen LogP contribution < -0.4 is 15.5 Å². The number of hydrogen-bond acceptors (Lipinski definition) is 3. The van der Waals surface area contributed by atoms with Crippen molar-refractivity contribution in [2.45, 2.75) is 13.8 Å². The smallest absolute Gasteiger partial charge is 0.253 e. The van der Waals surface area contributed by atoms with Crippen LogP contribution in [0.15, 0.2) is 42.5 Å². The molecule has 0 fully saturated rings. The molecule has 0 unspecified atom stereocenters. The summed E-state index contributed by atoms with van der Waals surface area (Å²) in [6.45, 7) is 6.03. The van der Waals surface area contributed by atoms with Gasteiger partial charge in [0.05, 0.1) is 17.1 Å². The first-order valence-electron chi connectivity index (χ1n) is 8.73. The second-order valence-electron chi connectivity index (χ2n) is 6.02. The van der Waals surface area contributed by atoms with Crippen molar-refractivity contribution in [2.24, 2.45) is 0 Å². The molecule has 0 saturated heterocycles. The van der Waals surface area contributed by atoms with E-state index in [9.17, 15) is 9.59 Å². The van der Waals surface area contributed by atoms with Crippen molar-refractivity contribution in [2.75, 3.05) is 31.1 Å². The topological polar surface area (TPSA) is 61.4 Å². The summed E-state index contributed by atoms with van der Waals surface area (Å²) in [4.78, 5) is 26.3. The minimum Gasteiger partial charge on any atom is -0.370 e. The Labute approximate surface area is 169 Å². The molecular weight excluding hydrogens is 385 g/mol. The quantitative estimate of drug-likeness (QED) is 0.701. The van der Waals surface area contributed by atoms with Crippen LogP contribution in [0.1, 0.15) is 22.8 Å². The number of carbonyl (C=O) groups excluding carboxylic acids is 2. The van der Waals surface area contributed by atoms with Gasteiger partial charge in [0.15, 0.2) is 0 Å². The number of nitrogens with one attached hydrogen (secondary N) is 2. The maximum Gasteiger partial charge on any atom is 0.253 e. The Kier molecular flexibility index (Phi) is 7.95. The summed E-state index contributed by atoms with van der Waals surface area (Å²) in [5.41, 5.74) is 2.63. The summed E-state index contributed by atoms with van der Waals surface area (Å²) in [6.07, 6.45) is 0. The summed E-state index contributed by atoms with van der Waals surface area (Å²) in [7, 11) is 0. The zero-order valence-corrected chi connectivity index (χ0v) is 16.9. The molecule has 5 nitrogen and oxygen atoms in total. The van der Waals surface area contributed by atoms with E-state index >= 15 is 0 Å². The summed E-state index contributed by atoms with van der Waals surface area (Å²) in [5.74, 6) is -0.670. The zero-order chi connectivity index (χ0) is 19.8. The summed E-state index contributed by atoms with van der Waals surface area (Å²) in [5, 5.41) is 6.07. The van der Waals surface area contributed by atoms with Crippen LogP contribution in [0.2, 0.25) is 10.0 Å². The Balaban J connectivity index is 1.79. The lowest BCUT2D eigenvalue weighted by Crippen LogP contribution is -2.40. The van der Waals surface area contributed by atoms with Crippen LogP contribution in [0.4, 0.5) is 5.69 Å². The normalized spacial score (nSPS) is 10.4. The highest BCUT2D eigenvalue weighted by molar-refractivity contribution is 6.36. The molecule has 0 aliphatic rings. The molecule has 0 aromatic heterocycles. The van der Waals surface area contributed by atoms with Gasteiger partial charge in [-0.3, -0.25) is 9.59 Å². The van der Waals surface area contributed by atoms with Gasteiger partial charge >= 0.3 is 0 Å². The van der Waals surface area contributed by atoms with Crippen molar-refractivity contribution in [3.63, 3.8) is 0 Å². The fourth-order valence-electron chi connectivity index (χ4n) is 2.69.